The second-order valence-electron chi connectivity index (χ2n) is 4.70. The number of carbonyl (C=O) groups excluding carboxylic acids is 3. The molecule has 9 nitrogen and oxygen atoms in total. The third-order valence-electron chi connectivity index (χ3n) is 2.77. The van der Waals surface area contributed by atoms with Crippen LogP contribution in [0.1, 0.15) is 20.8 Å². The van der Waals surface area contributed by atoms with E-state index in [0.29, 0.717) is 0 Å². The van der Waals surface area contributed by atoms with Crippen molar-refractivity contribution >= 4 is 17.9 Å². The van der Waals surface area contributed by atoms with Crippen LogP contribution in [0.2, 0.25) is 0 Å². The second kappa shape index (κ2) is 6.83. The van der Waals surface area contributed by atoms with Crippen LogP contribution in [0, 0.1) is 0 Å². The summed E-state index contributed by atoms with van der Waals surface area (Å²) in [5.41, 5.74) is 5.76. The Morgan fingerprint density at radius 3 is 2.24 bits per heavy atom. The van der Waals surface area contributed by atoms with E-state index in [-0.39, 0.29) is 6.61 Å². The molecule has 0 aromatic carbocycles. The highest BCUT2D eigenvalue weighted by atomic mass is 16.7. The Morgan fingerprint density at radius 2 is 1.76 bits per heavy atom. The second-order valence-corrected chi connectivity index (χ2v) is 4.70. The van der Waals surface area contributed by atoms with Crippen molar-refractivity contribution in [1.29, 1.82) is 0 Å². The summed E-state index contributed by atoms with van der Waals surface area (Å²) in [5, 5.41) is 10.4. The van der Waals surface area contributed by atoms with Gasteiger partial charge >= 0.3 is 17.9 Å². The van der Waals surface area contributed by atoms with E-state index >= 15 is 0 Å². The first-order chi connectivity index (χ1) is 9.65. The molecule has 4 atom stereocenters. The van der Waals surface area contributed by atoms with Crippen LogP contribution >= 0.6 is 0 Å². The van der Waals surface area contributed by atoms with Crippen molar-refractivity contribution in [2.24, 2.45) is 5.73 Å². The smallest absolute Gasteiger partial charge is 0.303 e. The van der Waals surface area contributed by atoms with E-state index < -0.39 is 48.6 Å². The first kappa shape index (κ1) is 17.3. The average molecular weight is 305 g/mol. The summed E-state index contributed by atoms with van der Waals surface area (Å²) in [5.74, 6) is -4.21. The Labute approximate surface area is 121 Å². The van der Waals surface area contributed by atoms with Gasteiger partial charge in [0.25, 0.3) is 0 Å². The topological polar surface area (TPSA) is 134 Å². The van der Waals surface area contributed by atoms with Crippen LogP contribution in [0.5, 0.6) is 0 Å². The van der Waals surface area contributed by atoms with E-state index in [0.717, 1.165) is 20.8 Å². The molecule has 1 aliphatic rings. The van der Waals surface area contributed by atoms with Gasteiger partial charge in [0.05, 0.1) is 12.6 Å². The monoisotopic (exact) mass is 305 g/mol. The van der Waals surface area contributed by atoms with Gasteiger partial charge in [-0.1, -0.05) is 0 Å². The lowest BCUT2D eigenvalue weighted by molar-refractivity contribution is -0.320. The summed E-state index contributed by atoms with van der Waals surface area (Å²) >= 11 is 0. The van der Waals surface area contributed by atoms with E-state index in [2.05, 4.69) is 0 Å². The molecule has 120 valence electrons. The average Bonchev–Trinajstić information content (AvgIpc) is 2.35. The molecule has 9 heteroatoms. The molecule has 0 saturated carbocycles. The molecule has 0 aliphatic carbocycles. The molecular formula is C12H19NO8. The van der Waals surface area contributed by atoms with Gasteiger partial charge < -0.3 is 29.8 Å². The fraction of sp³-hybridized carbons (Fsp3) is 0.750. The zero-order valence-corrected chi connectivity index (χ0v) is 12.0. The fourth-order valence-electron chi connectivity index (χ4n) is 1.91. The first-order valence-corrected chi connectivity index (χ1v) is 6.25. The molecule has 0 spiro atoms. The summed E-state index contributed by atoms with van der Waals surface area (Å²) in [6.45, 7) is 2.63. The molecule has 0 aromatic rings. The van der Waals surface area contributed by atoms with Gasteiger partial charge in [-0.15, -0.1) is 0 Å². The molecule has 0 radical (unpaired) electrons. The van der Waals surface area contributed by atoms with Crippen molar-refractivity contribution in [2.75, 3.05) is 13.2 Å². The van der Waals surface area contributed by atoms with E-state index in [1.54, 1.807) is 0 Å². The lowest BCUT2D eigenvalue weighted by Crippen LogP contribution is -2.67. The van der Waals surface area contributed by atoms with E-state index in [1.807, 2.05) is 0 Å². The van der Waals surface area contributed by atoms with Gasteiger partial charge in [-0.05, 0) is 0 Å². The van der Waals surface area contributed by atoms with Gasteiger partial charge in [0.2, 0.25) is 5.79 Å². The minimum absolute atomic E-state index is 0.173. The summed E-state index contributed by atoms with van der Waals surface area (Å²) in [6, 6.07) is -0.809. The Morgan fingerprint density at radius 1 is 1.19 bits per heavy atom. The predicted octanol–water partition coefficient (Wildman–Crippen LogP) is -1.54. The van der Waals surface area contributed by atoms with Crippen LogP contribution < -0.4 is 5.73 Å². The molecule has 1 aliphatic heterocycles. The molecule has 1 saturated heterocycles. The highest BCUT2D eigenvalue weighted by Crippen LogP contribution is 2.28. The summed E-state index contributed by atoms with van der Waals surface area (Å²) < 4.78 is 19.8. The molecule has 21 heavy (non-hydrogen) atoms. The number of hydrogen-bond acceptors (Lipinski definition) is 9. The van der Waals surface area contributed by atoms with Gasteiger partial charge in [0.15, 0.2) is 12.2 Å². The third kappa shape index (κ3) is 4.66. The number of ether oxygens (including phenoxy) is 4. The summed E-state index contributed by atoms with van der Waals surface area (Å²) in [4.78, 5) is 33.2. The van der Waals surface area contributed by atoms with Gasteiger partial charge in [-0.2, -0.15) is 0 Å². The standard InChI is InChI=1S/C12H19NO8/c1-6(14)18-5-12(17)11(21-8(3)16)10(20-7(2)15)9(13)4-19-12/h9-11,17H,4-5,13H2,1-3H3/t9-,10-,11-,12+/m1/s1. The Hall–Kier alpha value is -1.71. The molecule has 3 N–H and O–H groups in total. The van der Waals surface area contributed by atoms with Crippen LogP contribution in [0.3, 0.4) is 0 Å². The fourth-order valence-corrected chi connectivity index (χ4v) is 1.91. The Kier molecular flexibility index (Phi) is 5.64. The molecule has 1 rings (SSSR count). The minimum Gasteiger partial charge on any atom is -0.460 e. The lowest BCUT2D eigenvalue weighted by atomic mass is 9.95. The molecular weight excluding hydrogens is 286 g/mol. The summed E-state index contributed by atoms with van der Waals surface area (Å²) in [6.07, 6.45) is -2.54. The van der Waals surface area contributed by atoms with Crippen molar-refractivity contribution < 1.29 is 38.4 Å². The minimum atomic E-state index is -2.15. The van der Waals surface area contributed by atoms with Crippen molar-refractivity contribution in [3.05, 3.63) is 0 Å². The summed E-state index contributed by atoms with van der Waals surface area (Å²) in [7, 11) is 0. The Balaban J connectivity index is 3.00. The van der Waals surface area contributed by atoms with Crippen LogP contribution in [0.4, 0.5) is 0 Å². The maximum Gasteiger partial charge on any atom is 0.303 e. The van der Waals surface area contributed by atoms with Gasteiger partial charge in [-0.3, -0.25) is 14.4 Å². The van der Waals surface area contributed by atoms with E-state index in [1.165, 1.54) is 0 Å². The predicted molar refractivity (Wildman–Crippen MR) is 66.6 cm³/mol. The number of hydrogen-bond donors (Lipinski definition) is 2. The molecule has 0 bridgehead atoms. The zero-order valence-electron chi connectivity index (χ0n) is 12.0. The number of rotatable bonds is 4. The molecule has 0 aromatic heterocycles. The normalized spacial score (nSPS) is 32.1. The van der Waals surface area contributed by atoms with Gasteiger partial charge in [-0.25, -0.2) is 0 Å². The van der Waals surface area contributed by atoms with Crippen molar-refractivity contribution in [1.82, 2.24) is 0 Å². The molecule has 1 heterocycles. The SMILES string of the molecule is CC(=O)OC[C@]1(O)OC[C@@H](N)[C@@H](OC(C)=O)[C@H]1OC(C)=O. The van der Waals surface area contributed by atoms with E-state index in [9.17, 15) is 19.5 Å². The number of nitrogens with two attached hydrogens (primary N) is 1. The van der Waals surface area contributed by atoms with Crippen molar-refractivity contribution in [3.8, 4) is 0 Å². The Bertz CT molecular complexity index is 425. The quantitative estimate of drug-likeness (QED) is 0.468. The number of esters is 3. The maximum absolute atomic E-state index is 11.2. The largest absolute Gasteiger partial charge is 0.460 e. The van der Waals surface area contributed by atoms with Crippen molar-refractivity contribution in [2.45, 2.75) is 44.8 Å². The maximum atomic E-state index is 11.2. The zero-order chi connectivity index (χ0) is 16.2. The first-order valence-electron chi connectivity index (χ1n) is 6.25. The van der Waals surface area contributed by atoms with Crippen LogP contribution in [-0.4, -0.2) is 60.3 Å². The number of aliphatic hydroxyl groups is 1. The van der Waals surface area contributed by atoms with Gasteiger partial charge in [0, 0.05) is 20.8 Å². The third-order valence-corrected chi connectivity index (χ3v) is 2.77. The molecule has 1 fully saturated rings. The lowest BCUT2D eigenvalue weighted by Gasteiger charge is -2.44. The van der Waals surface area contributed by atoms with Crippen LogP contribution in [-0.2, 0) is 33.3 Å². The molecule has 0 unspecified atom stereocenters. The van der Waals surface area contributed by atoms with Crippen LogP contribution in [0.25, 0.3) is 0 Å². The molecule has 0 amide bonds. The number of carbonyl (C=O) groups is 3. The highest BCUT2D eigenvalue weighted by Gasteiger charge is 2.54. The highest BCUT2D eigenvalue weighted by molar-refractivity contribution is 5.68. The van der Waals surface area contributed by atoms with Crippen LogP contribution in [0.15, 0.2) is 0 Å². The van der Waals surface area contributed by atoms with Crippen molar-refractivity contribution in [3.63, 3.8) is 0 Å². The van der Waals surface area contributed by atoms with Gasteiger partial charge in [0.1, 0.15) is 6.61 Å². The van der Waals surface area contributed by atoms with E-state index in [4.69, 9.17) is 24.7 Å².